The number of rotatable bonds is 5. The Morgan fingerprint density at radius 3 is 3.00 bits per heavy atom. The molecule has 0 bridgehead atoms. The Labute approximate surface area is 128 Å². The molecule has 0 radical (unpaired) electrons. The van der Waals surface area contributed by atoms with Gasteiger partial charge in [-0.05, 0) is 37.4 Å². The quantitative estimate of drug-likeness (QED) is 0.920. The van der Waals surface area contributed by atoms with E-state index in [4.69, 9.17) is 21.1 Å². The third-order valence-corrected chi connectivity index (χ3v) is 4.17. The molecule has 1 fully saturated rings. The third kappa shape index (κ3) is 3.43. The van der Waals surface area contributed by atoms with E-state index < -0.39 is 0 Å². The summed E-state index contributed by atoms with van der Waals surface area (Å²) in [5.41, 5.74) is 0.762. The summed E-state index contributed by atoms with van der Waals surface area (Å²) in [5.74, 6) is 1.64. The van der Waals surface area contributed by atoms with Crippen molar-refractivity contribution in [3.63, 3.8) is 0 Å². The number of hydrogen-bond acceptors (Lipinski definition) is 5. The van der Waals surface area contributed by atoms with Crippen LogP contribution in [-0.2, 0) is 6.54 Å². The summed E-state index contributed by atoms with van der Waals surface area (Å²) < 4.78 is 5.71. The molecule has 5 nitrogen and oxygen atoms in total. The van der Waals surface area contributed by atoms with E-state index in [9.17, 15) is 0 Å². The summed E-state index contributed by atoms with van der Waals surface area (Å²) in [6.07, 6.45) is 1.98. The lowest BCUT2D eigenvalue weighted by molar-refractivity contribution is 0.243. The SMILES string of the molecule is OCCC1CCN(Cc2nnc(-c3ccccc3Cl)o2)C1. The van der Waals surface area contributed by atoms with E-state index in [1.54, 1.807) is 6.07 Å². The Morgan fingerprint density at radius 2 is 2.19 bits per heavy atom. The molecule has 0 spiro atoms. The number of nitrogens with zero attached hydrogens (tertiary/aromatic N) is 3. The van der Waals surface area contributed by atoms with Crippen LogP contribution in [0.3, 0.4) is 0 Å². The van der Waals surface area contributed by atoms with Crippen LogP contribution in [0, 0.1) is 5.92 Å². The highest BCUT2D eigenvalue weighted by Crippen LogP contribution is 2.27. The predicted octanol–water partition coefficient (Wildman–Crippen LogP) is 2.59. The van der Waals surface area contributed by atoms with Crippen molar-refractivity contribution in [2.45, 2.75) is 19.4 Å². The Kier molecular flexibility index (Phi) is 4.53. The maximum absolute atomic E-state index is 8.99. The smallest absolute Gasteiger partial charge is 0.249 e. The van der Waals surface area contributed by atoms with E-state index in [1.165, 1.54) is 0 Å². The highest BCUT2D eigenvalue weighted by molar-refractivity contribution is 6.33. The predicted molar refractivity (Wildman–Crippen MR) is 79.8 cm³/mol. The number of benzene rings is 1. The molecule has 1 aliphatic rings. The summed E-state index contributed by atoms with van der Waals surface area (Å²) in [4.78, 5) is 2.28. The van der Waals surface area contributed by atoms with Crippen LogP contribution in [0.2, 0.25) is 5.02 Å². The van der Waals surface area contributed by atoms with Gasteiger partial charge in [0.05, 0.1) is 17.1 Å². The lowest BCUT2D eigenvalue weighted by Gasteiger charge is -2.12. The van der Waals surface area contributed by atoms with Crippen LogP contribution in [0.15, 0.2) is 28.7 Å². The van der Waals surface area contributed by atoms with Gasteiger partial charge < -0.3 is 9.52 Å². The zero-order chi connectivity index (χ0) is 14.7. The van der Waals surface area contributed by atoms with Crippen molar-refractivity contribution in [2.24, 2.45) is 5.92 Å². The second-order valence-electron chi connectivity index (χ2n) is 5.38. The number of aromatic nitrogens is 2. The Morgan fingerprint density at radius 1 is 1.33 bits per heavy atom. The molecule has 3 rings (SSSR count). The fraction of sp³-hybridized carbons (Fsp3) is 0.467. The molecule has 0 aliphatic carbocycles. The van der Waals surface area contributed by atoms with Crippen LogP contribution >= 0.6 is 11.6 Å². The van der Waals surface area contributed by atoms with Crippen LogP contribution in [0.25, 0.3) is 11.5 Å². The second-order valence-corrected chi connectivity index (χ2v) is 5.79. The summed E-state index contributed by atoms with van der Waals surface area (Å²) in [6, 6.07) is 7.44. The topological polar surface area (TPSA) is 62.4 Å². The van der Waals surface area contributed by atoms with Gasteiger partial charge in [-0.15, -0.1) is 10.2 Å². The first-order valence-corrected chi connectivity index (χ1v) is 7.54. The number of aliphatic hydroxyl groups is 1. The average molecular weight is 308 g/mol. The van der Waals surface area contributed by atoms with Gasteiger partial charge in [-0.25, -0.2) is 0 Å². The van der Waals surface area contributed by atoms with Crippen molar-refractivity contribution in [2.75, 3.05) is 19.7 Å². The fourth-order valence-electron chi connectivity index (χ4n) is 2.73. The van der Waals surface area contributed by atoms with Crippen LogP contribution in [0.1, 0.15) is 18.7 Å². The van der Waals surface area contributed by atoms with E-state index in [-0.39, 0.29) is 6.61 Å². The number of hydrogen-bond donors (Lipinski definition) is 1. The number of halogens is 1. The number of likely N-dealkylation sites (tertiary alicyclic amines) is 1. The van der Waals surface area contributed by atoms with Gasteiger partial charge in [-0.1, -0.05) is 23.7 Å². The molecule has 6 heteroatoms. The van der Waals surface area contributed by atoms with Crippen molar-refractivity contribution >= 4 is 11.6 Å². The van der Waals surface area contributed by atoms with E-state index in [1.807, 2.05) is 18.2 Å². The molecule has 1 aromatic heterocycles. The Hall–Kier alpha value is -1.43. The van der Waals surface area contributed by atoms with Gasteiger partial charge in [0, 0.05) is 13.2 Å². The van der Waals surface area contributed by atoms with E-state index >= 15 is 0 Å². The summed E-state index contributed by atoms with van der Waals surface area (Å²) in [5, 5.41) is 17.8. The molecule has 112 valence electrons. The summed E-state index contributed by atoms with van der Waals surface area (Å²) in [7, 11) is 0. The molecule has 1 aliphatic heterocycles. The zero-order valence-corrected chi connectivity index (χ0v) is 12.5. The molecule has 1 unspecified atom stereocenters. The number of aliphatic hydroxyl groups excluding tert-OH is 1. The van der Waals surface area contributed by atoms with Gasteiger partial charge in [0.15, 0.2) is 0 Å². The van der Waals surface area contributed by atoms with Crippen molar-refractivity contribution in [1.82, 2.24) is 15.1 Å². The van der Waals surface area contributed by atoms with E-state index in [0.717, 1.165) is 31.5 Å². The molecule has 1 atom stereocenters. The van der Waals surface area contributed by atoms with Gasteiger partial charge >= 0.3 is 0 Å². The molecule has 21 heavy (non-hydrogen) atoms. The lowest BCUT2D eigenvalue weighted by atomic mass is 10.1. The molecular formula is C15H18ClN3O2. The molecule has 1 N–H and O–H groups in total. The van der Waals surface area contributed by atoms with E-state index in [0.29, 0.717) is 29.3 Å². The first kappa shape index (κ1) is 14.5. The molecule has 0 amide bonds. The van der Waals surface area contributed by atoms with Crippen molar-refractivity contribution < 1.29 is 9.52 Å². The van der Waals surface area contributed by atoms with Gasteiger partial charge in [0.2, 0.25) is 11.8 Å². The lowest BCUT2D eigenvalue weighted by Crippen LogP contribution is -2.20. The standard InChI is InChI=1S/C15H18ClN3O2/c16-13-4-2-1-3-12(13)15-18-17-14(21-15)10-19-7-5-11(9-19)6-8-20/h1-4,11,20H,5-10H2. The second kappa shape index (κ2) is 6.56. The van der Waals surface area contributed by atoms with Gasteiger partial charge in [-0.3, -0.25) is 4.90 Å². The Balaban J connectivity index is 1.65. The first-order chi connectivity index (χ1) is 10.3. The monoisotopic (exact) mass is 307 g/mol. The van der Waals surface area contributed by atoms with Gasteiger partial charge in [-0.2, -0.15) is 0 Å². The van der Waals surface area contributed by atoms with Crippen molar-refractivity contribution in [3.8, 4) is 11.5 Å². The summed E-state index contributed by atoms with van der Waals surface area (Å²) in [6.45, 7) is 2.90. The Bertz CT molecular complexity index is 602. The minimum Gasteiger partial charge on any atom is -0.419 e. The minimum absolute atomic E-state index is 0.260. The maximum atomic E-state index is 8.99. The normalized spacial score (nSPS) is 19.2. The van der Waals surface area contributed by atoms with Crippen LogP contribution in [-0.4, -0.2) is 39.9 Å². The largest absolute Gasteiger partial charge is 0.419 e. The van der Waals surface area contributed by atoms with Crippen molar-refractivity contribution in [3.05, 3.63) is 35.2 Å². The maximum Gasteiger partial charge on any atom is 0.249 e. The minimum atomic E-state index is 0.260. The van der Waals surface area contributed by atoms with Gasteiger partial charge in [0.1, 0.15) is 0 Å². The summed E-state index contributed by atoms with van der Waals surface area (Å²) >= 11 is 6.13. The van der Waals surface area contributed by atoms with Crippen LogP contribution in [0.4, 0.5) is 0 Å². The first-order valence-electron chi connectivity index (χ1n) is 7.17. The third-order valence-electron chi connectivity index (χ3n) is 3.84. The molecule has 2 aromatic rings. The molecule has 1 aromatic carbocycles. The molecule has 1 saturated heterocycles. The zero-order valence-electron chi connectivity index (χ0n) is 11.7. The van der Waals surface area contributed by atoms with Gasteiger partial charge in [0.25, 0.3) is 0 Å². The van der Waals surface area contributed by atoms with Crippen LogP contribution in [0.5, 0.6) is 0 Å². The molecule has 0 saturated carbocycles. The van der Waals surface area contributed by atoms with E-state index in [2.05, 4.69) is 15.1 Å². The average Bonchev–Trinajstić information content (AvgIpc) is 3.10. The highest BCUT2D eigenvalue weighted by atomic mass is 35.5. The molecular weight excluding hydrogens is 290 g/mol. The van der Waals surface area contributed by atoms with Crippen molar-refractivity contribution in [1.29, 1.82) is 0 Å². The van der Waals surface area contributed by atoms with Crippen LogP contribution < -0.4 is 0 Å². The molecule has 2 heterocycles. The highest BCUT2D eigenvalue weighted by Gasteiger charge is 2.23. The fourth-order valence-corrected chi connectivity index (χ4v) is 2.94.